The molecular formula is C14H20N2O6S2. The van der Waals surface area contributed by atoms with Crippen LogP contribution >= 0.6 is 11.8 Å². The van der Waals surface area contributed by atoms with Crippen LogP contribution in [0.4, 0.5) is 0 Å². The molecule has 1 atom stereocenters. The summed E-state index contributed by atoms with van der Waals surface area (Å²) in [4.78, 5) is 23.1. The molecule has 24 heavy (non-hydrogen) atoms. The number of carboxylic acid groups (broad SMARTS) is 1. The number of sulfonamides is 1. The van der Waals surface area contributed by atoms with Gasteiger partial charge in [0.05, 0.1) is 0 Å². The molecule has 8 nitrogen and oxygen atoms in total. The monoisotopic (exact) mass is 376 g/mol. The number of rotatable bonds is 8. The number of carbonyl (C=O) groups is 2. The number of carboxylic acids is 1. The summed E-state index contributed by atoms with van der Waals surface area (Å²) in [7, 11) is -4.04. The summed E-state index contributed by atoms with van der Waals surface area (Å²) >= 11 is 1.67. The third kappa shape index (κ3) is 4.11. The van der Waals surface area contributed by atoms with Crippen molar-refractivity contribution in [2.75, 3.05) is 25.1 Å². The Bertz CT molecular complexity index is 700. The molecule has 0 aliphatic carbocycles. The van der Waals surface area contributed by atoms with Crippen LogP contribution < -0.4 is 5.32 Å². The molecule has 1 fully saturated rings. The van der Waals surface area contributed by atoms with Gasteiger partial charge >= 0.3 is 5.97 Å². The predicted molar refractivity (Wildman–Crippen MR) is 88.6 cm³/mol. The van der Waals surface area contributed by atoms with Gasteiger partial charge in [-0.1, -0.05) is 0 Å². The summed E-state index contributed by atoms with van der Waals surface area (Å²) in [5, 5.41) is 11.1. The first-order valence-corrected chi connectivity index (χ1v) is 10.3. The molecule has 2 heterocycles. The minimum Gasteiger partial charge on any atom is -0.475 e. The predicted octanol–water partition coefficient (Wildman–Crippen LogP) is 1.00. The van der Waals surface area contributed by atoms with Gasteiger partial charge in [0.2, 0.25) is 16.8 Å². The fourth-order valence-corrected chi connectivity index (χ4v) is 4.53. The minimum atomic E-state index is -4.04. The summed E-state index contributed by atoms with van der Waals surface area (Å²) in [5.41, 5.74) is 0. The van der Waals surface area contributed by atoms with Gasteiger partial charge < -0.3 is 14.8 Å². The van der Waals surface area contributed by atoms with Crippen LogP contribution in [-0.2, 0) is 14.8 Å². The third-order valence-electron chi connectivity index (χ3n) is 3.69. The van der Waals surface area contributed by atoms with Crippen molar-refractivity contribution in [2.45, 2.75) is 30.4 Å². The van der Waals surface area contributed by atoms with Crippen LogP contribution in [0.5, 0.6) is 0 Å². The molecule has 1 aromatic heterocycles. The van der Waals surface area contributed by atoms with E-state index in [2.05, 4.69) is 5.32 Å². The zero-order valence-electron chi connectivity index (χ0n) is 13.2. The molecule has 1 aliphatic heterocycles. The molecule has 1 saturated heterocycles. The molecule has 0 spiro atoms. The Labute approximate surface area is 144 Å². The van der Waals surface area contributed by atoms with E-state index in [1.165, 1.54) is 0 Å². The second-order valence-corrected chi connectivity index (χ2v) is 8.14. The number of nitrogens with one attached hydrogen (secondary N) is 1. The lowest BCUT2D eigenvalue weighted by Gasteiger charge is -2.22. The summed E-state index contributed by atoms with van der Waals surface area (Å²) < 4.78 is 31.2. The molecule has 0 bridgehead atoms. The van der Waals surface area contributed by atoms with Gasteiger partial charge in [-0.25, -0.2) is 13.2 Å². The normalized spacial score (nSPS) is 18.6. The van der Waals surface area contributed by atoms with Crippen molar-refractivity contribution < 1.29 is 27.5 Å². The van der Waals surface area contributed by atoms with Gasteiger partial charge in [-0.2, -0.15) is 16.1 Å². The SMILES string of the molecule is CSCCCNC(=O)C1CCCN1S(=O)(=O)c1ccc(C(=O)O)o1. The van der Waals surface area contributed by atoms with Gasteiger partial charge in [0.25, 0.3) is 10.0 Å². The van der Waals surface area contributed by atoms with Crippen LogP contribution in [0, 0.1) is 0 Å². The van der Waals surface area contributed by atoms with Crippen molar-refractivity contribution in [3.8, 4) is 0 Å². The Balaban J connectivity index is 2.10. The number of furan rings is 1. The maximum absolute atomic E-state index is 12.6. The van der Waals surface area contributed by atoms with E-state index in [1.807, 2.05) is 6.26 Å². The fraction of sp³-hybridized carbons (Fsp3) is 0.571. The maximum atomic E-state index is 12.6. The van der Waals surface area contributed by atoms with E-state index in [0.29, 0.717) is 19.4 Å². The lowest BCUT2D eigenvalue weighted by Crippen LogP contribution is -2.46. The van der Waals surface area contributed by atoms with Crippen LogP contribution in [-0.4, -0.2) is 60.8 Å². The number of hydrogen-bond donors (Lipinski definition) is 2. The summed E-state index contributed by atoms with van der Waals surface area (Å²) in [6.07, 6.45) is 3.78. The second kappa shape index (κ2) is 8.04. The average molecular weight is 376 g/mol. The highest BCUT2D eigenvalue weighted by atomic mass is 32.2. The molecule has 1 amide bonds. The minimum absolute atomic E-state index is 0.203. The van der Waals surface area contributed by atoms with Gasteiger partial charge in [0.1, 0.15) is 6.04 Å². The number of hydrogen-bond acceptors (Lipinski definition) is 6. The van der Waals surface area contributed by atoms with Crippen LogP contribution in [0.1, 0.15) is 29.8 Å². The average Bonchev–Trinajstić information content (AvgIpc) is 3.20. The molecule has 2 N–H and O–H groups in total. The summed E-state index contributed by atoms with van der Waals surface area (Å²) in [5.74, 6) is -1.22. The topological polar surface area (TPSA) is 117 Å². The van der Waals surface area contributed by atoms with E-state index in [1.54, 1.807) is 11.8 Å². The van der Waals surface area contributed by atoms with Crippen LogP contribution in [0.3, 0.4) is 0 Å². The smallest absolute Gasteiger partial charge is 0.371 e. The lowest BCUT2D eigenvalue weighted by atomic mass is 10.2. The first kappa shape index (κ1) is 18.8. The van der Waals surface area contributed by atoms with Crippen LogP contribution in [0.25, 0.3) is 0 Å². The highest BCUT2D eigenvalue weighted by Gasteiger charge is 2.41. The Morgan fingerprint density at radius 3 is 2.83 bits per heavy atom. The van der Waals surface area contributed by atoms with Crippen LogP contribution in [0.15, 0.2) is 21.6 Å². The highest BCUT2D eigenvalue weighted by Crippen LogP contribution is 2.27. The van der Waals surface area contributed by atoms with E-state index in [9.17, 15) is 18.0 Å². The number of amides is 1. The van der Waals surface area contributed by atoms with E-state index in [4.69, 9.17) is 9.52 Å². The largest absolute Gasteiger partial charge is 0.475 e. The second-order valence-electron chi connectivity index (χ2n) is 5.33. The molecule has 0 saturated carbocycles. The number of thioether (sulfide) groups is 1. The van der Waals surface area contributed by atoms with E-state index in [-0.39, 0.29) is 12.5 Å². The number of aromatic carboxylic acids is 1. The van der Waals surface area contributed by atoms with E-state index >= 15 is 0 Å². The van der Waals surface area contributed by atoms with Crippen molar-refractivity contribution in [1.29, 1.82) is 0 Å². The quantitative estimate of drug-likeness (QED) is 0.650. The number of nitrogens with zero attached hydrogens (tertiary/aromatic N) is 1. The van der Waals surface area contributed by atoms with Gasteiger partial charge in [0, 0.05) is 13.1 Å². The van der Waals surface area contributed by atoms with E-state index < -0.39 is 32.9 Å². The van der Waals surface area contributed by atoms with Gasteiger partial charge in [-0.3, -0.25) is 4.79 Å². The lowest BCUT2D eigenvalue weighted by molar-refractivity contribution is -0.124. The summed E-state index contributed by atoms with van der Waals surface area (Å²) in [6, 6.07) is 1.40. The molecule has 1 aromatic rings. The molecule has 2 rings (SSSR count). The van der Waals surface area contributed by atoms with Gasteiger partial charge in [0.15, 0.2) is 0 Å². The summed E-state index contributed by atoms with van der Waals surface area (Å²) in [6.45, 7) is 0.697. The Hall–Kier alpha value is -1.52. The van der Waals surface area contributed by atoms with Gasteiger partial charge in [-0.05, 0) is 43.4 Å². The van der Waals surface area contributed by atoms with E-state index in [0.717, 1.165) is 28.6 Å². The Kier molecular flexibility index (Phi) is 6.30. The molecule has 0 aromatic carbocycles. The molecule has 134 valence electrons. The highest BCUT2D eigenvalue weighted by molar-refractivity contribution is 7.98. The third-order valence-corrected chi connectivity index (χ3v) is 6.17. The first-order valence-electron chi connectivity index (χ1n) is 7.49. The van der Waals surface area contributed by atoms with Crippen molar-refractivity contribution in [2.24, 2.45) is 0 Å². The number of carbonyl (C=O) groups excluding carboxylic acids is 1. The molecule has 1 unspecified atom stereocenters. The fourth-order valence-electron chi connectivity index (χ4n) is 2.53. The zero-order chi connectivity index (χ0) is 17.7. The van der Waals surface area contributed by atoms with Gasteiger partial charge in [-0.15, -0.1) is 0 Å². The van der Waals surface area contributed by atoms with Crippen molar-refractivity contribution in [3.05, 3.63) is 17.9 Å². The molecule has 10 heteroatoms. The maximum Gasteiger partial charge on any atom is 0.371 e. The van der Waals surface area contributed by atoms with Crippen LogP contribution in [0.2, 0.25) is 0 Å². The molecule has 0 radical (unpaired) electrons. The van der Waals surface area contributed by atoms with Crippen molar-refractivity contribution in [1.82, 2.24) is 9.62 Å². The molecular weight excluding hydrogens is 356 g/mol. The van der Waals surface area contributed by atoms with Crippen molar-refractivity contribution >= 4 is 33.7 Å². The Morgan fingerprint density at radius 1 is 1.46 bits per heavy atom. The van der Waals surface area contributed by atoms with Crippen molar-refractivity contribution in [3.63, 3.8) is 0 Å². The molecule has 1 aliphatic rings. The first-order chi connectivity index (χ1) is 11.4. The standard InChI is InChI=1S/C14H20N2O6S2/c1-23-9-3-7-15-13(17)10-4-2-8-16(10)24(20,21)12-6-5-11(22-12)14(18)19/h5-6,10H,2-4,7-9H2,1H3,(H,15,17)(H,18,19). The zero-order valence-corrected chi connectivity index (χ0v) is 14.9. The Morgan fingerprint density at radius 2 is 2.21 bits per heavy atom.